The molecule has 0 aliphatic rings. The van der Waals surface area contributed by atoms with Crippen molar-refractivity contribution in [2.24, 2.45) is 0 Å². The number of anilines is 1. The summed E-state index contributed by atoms with van der Waals surface area (Å²) in [6.07, 6.45) is 1.38. The van der Waals surface area contributed by atoms with Gasteiger partial charge in [0.1, 0.15) is 29.5 Å². The molecule has 0 amide bonds. The topological polar surface area (TPSA) is 67.3 Å². The third-order valence-corrected chi connectivity index (χ3v) is 3.90. The first kappa shape index (κ1) is 17.1. The number of halogens is 2. The van der Waals surface area contributed by atoms with Gasteiger partial charge in [-0.2, -0.15) is 0 Å². The molecule has 2 aromatic carbocycles. The van der Waals surface area contributed by atoms with Crippen molar-refractivity contribution >= 4 is 29.7 Å². The summed E-state index contributed by atoms with van der Waals surface area (Å²) in [6, 6.07) is 5.76. The van der Waals surface area contributed by atoms with Crippen LogP contribution in [0.2, 0.25) is 0 Å². The number of aryl methyl sites for hydroxylation is 1. The molecule has 127 valence electrons. The van der Waals surface area contributed by atoms with E-state index in [1.807, 2.05) is 13.0 Å². The maximum atomic E-state index is 14.0. The molecule has 0 aliphatic heterocycles. The average molecular weight is 342 g/mol. The van der Waals surface area contributed by atoms with Gasteiger partial charge >= 0.3 is 7.48 Å². The Balaban J connectivity index is 1.94. The van der Waals surface area contributed by atoms with Crippen molar-refractivity contribution in [2.75, 3.05) is 12.4 Å². The molecule has 3 aromatic rings. The van der Waals surface area contributed by atoms with Crippen LogP contribution in [0, 0.1) is 18.6 Å². The zero-order valence-corrected chi connectivity index (χ0v) is 13.7. The maximum absolute atomic E-state index is 14.0. The second-order valence-corrected chi connectivity index (χ2v) is 5.51. The highest BCUT2D eigenvalue weighted by Gasteiger charge is 2.13. The average Bonchev–Trinajstić information content (AvgIpc) is 2.60. The van der Waals surface area contributed by atoms with Gasteiger partial charge in [0.2, 0.25) is 0 Å². The lowest BCUT2D eigenvalue weighted by Gasteiger charge is -2.12. The molecule has 0 unspecified atom stereocenters. The summed E-state index contributed by atoms with van der Waals surface area (Å²) < 4.78 is 33.3. The smallest absolute Gasteiger partial charge is 0.326 e. The fourth-order valence-corrected chi connectivity index (χ4v) is 2.59. The van der Waals surface area contributed by atoms with Gasteiger partial charge in [-0.1, -0.05) is 0 Å². The first-order chi connectivity index (χ1) is 12.0. The van der Waals surface area contributed by atoms with Crippen LogP contribution in [0.3, 0.4) is 0 Å². The van der Waals surface area contributed by atoms with Crippen LogP contribution in [0.15, 0.2) is 30.6 Å². The van der Waals surface area contributed by atoms with E-state index in [1.165, 1.54) is 6.33 Å². The lowest BCUT2D eigenvalue weighted by molar-refractivity contribution is 0.412. The van der Waals surface area contributed by atoms with E-state index >= 15 is 0 Å². The van der Waals surface area contributed by atoms with Crippen LogP contribution in [-0.4, -0.2) is 29.6 Å². The molecule has 0 spiro atoms. The Kier molecular flexibility index (Phi) is 4.80. The van der Waals surface area contributed by atoms with E-state index < -0.39 is 11.6 Å². The number of hydrogen-bond donors (Lipinski definition) is 2. The fraction of sp³-hybridized carbons (Fsp3) is 0.176. The molecule has 0 aliphatic carbocycles. The van der Waals surface area contributed by atoms with Crippen LogP contribution >= 0.6 is 0 Å². The van der Waals surface area contributed by atoms with E-state index in [0.717, 1.165) is 17.7 Å². The van der Waals surface area contributed by atoms with Crippen molar-refractivity contribution < 1.29 is 18.5 Å². The Bertz CT molecular complexity index is 914. The second-order valence-electron chi connectivity index (χ2n) is 5.51. The Morgan fingerprint density at radius 3 is 2.52 bits per heavy atom. The second kappa shape index (κ2) is 7.02. The van der Waals surface area contributed by atoms with Gasteiger partial charge in [-0.15, -0.1) is 0 Å². The highest BCUT2D eigenvalue weighted by Crippen LogP contribution is 2.28. The van der Waals surface area contributed by atoms with Gasteiger partial charge in [-0.3, -0.25) is 0 Å². The van der Waals surface area contributed by atoms with Crippen LogP contribution in [0.25, 0.3) is 10.9 Å². The number of nitrogens with one attached hydrogen (secondary N) is 1. The third kappa shape index (κ3) is 3.39. The molecule has 1 heterocycles. The summed E-state index contributed by atoms with van der Waals surface area (Å²) in [5.41, 5.74) is 1.54. The Morgan fingerprint density at radius 1 is 1.16 bits per heavy atom. The van der Waals surface area contributed by atoms with E-state index in [2.05, 4.69) is 15.3 Å². The summed E-state index contributed by atoms with van der Waals surface area (Å²) in [4.78, 5) is 8.36. The lowest BCUT2D eigenvalue weighted by atomic mass is 9.88. The largest absolute Gasteiger partial charge is 0.496 e. The molecule has 25 heavy (non-hydrogen) atoms. The molecule has 0 atom stereocenters. The fourth-order valence-electron chi connectivity index (χ4n) is 2.59. The van der Waals surface area contributed by atoms with Crippen molar-refractivity contribution in [1.29, 1.82) is 0 Å². The highest BCUT2D eigenvalue weighted by molar-refractivity contribution is 6.45. The number of fused-ring (bicyclic) bond motifs is 1. The van der Waals surface area contributed by atoms with Crippen molar-refractivity contribution in [2.45, 2.75) is 13.5 Å². The van der Waals surface area contributed by atoms with Gasteiger partial charge in [0, 0.05) is 17.5 Å². The van der Waals surface area contributed by atoms with E-state index in [9.17, 15) is 8.78 Å². The van der Waals surface area contributed by atoms with Crippen LogP contribution in [0.4, 0.5) is 14.6 Å². The van der Waals surface area contributed by atoms with Crippen LogP contribution in [0.1, 0.15) is 11.1 Å². The number of methoxy groups -OCH3 is 1. The van der Waals surface area contributed by atoms with E-state index in [4.69, 9.17) is 9.76 Å². The van der Waals surface area contributed by atoms with E-state index in [1.54, 1.807) is 13.2 Å². The number of rotatable bonds is 5. The van der Waals surface area contributed by atoms with Gasteiger partial charge in [0.15, 0.2) is 0 Å². The molecule has 1 radical (unpaired) electrons. The molecule has 1 aromatic heterocycles. The Hall–Kier alpha value is -2.74. The molecule has 5 nitrogen and oxygen atoms in total. The van der Waals surface area contributed by atoms with Crippen molar-refractivity contribution in [3.63, 3.8) is 0 Å². The summed E-state index contributed by atoms with van der Waals surface area (Å²) in [7, 11) is 2.21. The molecule has 2 N–H and O–H groups in total. The Labute approximate surface area is 144 Å². The van der Waals surface area contributed by atoms with Gasteiger partial charge < -0.3 is 15.1 Å². The molecule has 0 saturated carbocycles. The molecular formula is C17H15BF2N3O2. The molecule has 0 saturated heterocycles. The summed E-state index contributed by atoms with van der Waals surface area (Å²) in [5.74, 6) is -0.385. The predicted octanol–water partition coefficient (Wildman–Crippen LogP) is 2.07. The summed E-state index contributed by atoms with van der Waals surface area (Å²) in [5, 5.41) is 12.5. The van der Waals surface area contributed by atoms with Gasteiger partial charge in [0.05, 0.1) is 12.6 Å². The number of nitrogens with zero attached hydrogens (tertiary/aromatic N) is 2. The molecule has 8 heteroatoms. The summed E-state index contributed by atoms with van der Waals surface area (Å²) in [6.45, 7) is 1.80. The number of hydrogen-bond acceptors (Lipinski definition) is 5. The third-order valence-electron chi connectivity index (χ3n) is 3.90. The van der Waals surface area contributed by atoms with E-state index in [-0.39, 0.29) is 17.6 Å². The van der Waals surface area contributed by atoms with Gasteiger partial charge in [0.25, 0.3) is 0 Å². The molecule has 0 fully saturated rings. The Morgan fingerprint density at radius 2 is 1.88 bits per heavy atom. The molecular weight excluding hydrogens is 327 g/mol. The normalized spacial score (nSPS) is 10.8. The van der Waals surface area contributed by atoms with Crippen LogP contribution < -0.4 is 15.5 Å². The minimum absolute atomic E-state index is 0.0615. The quantitative estimate of drug-likeness (QED) is 0.695. The minimum Gasteiger partial charge on any atom is -0.496 e. The molecule has 0 bridgehead atoms. The first-order valence-electron chi connectivity index (χ1n) is 7.52. The first-order valence-corrected chi connectivity index (χ1v) is 7.52. The lowest BCUT2D eigenvalue weighted by Crippen LogP contribution is -2.17. The molecule has 3 rings (SSSR count). The van der Waals surface area contributed by atoms with E-state index in [0.29, 0.717) is 30.0 Å². The highest BCUT2D eigenvalue weighted by atomic mass is 19.1. The standard InChI is InChI=1S/C17H15BF2N3O2/c1-9-3-15-11(6-16(9)25-2)17(23-8-22-15)21-7-12-13(19)4-10(18-24)5-14(12)20/h3-6,8,24H,7H2,1-2H3,(H,21,22,23). The van der Waals surface area contributed by atoms with Crippen LogP contribution in [0.5, 0.6) is 5.75 Å². The number of benzene rings is 2. The monoisotopic (exact) mass is 342 g/mol. The SMILES string of the molecule is COc1cc2c(NCc3c(F)cc([B]O)cc3F)ncnc2cc1C. The van der Waals surface area contributed by atoms with Gasteiger partial charge in [-0.05, 0) is 42.2 Å². The van der Waals surface area contributed by atoms with Gasteiger partial charge in [-0.25, -0.2) is 18.7 Å². The zero-order valence-electron chi connectivity index (χ0n) is 13.7. The maximum Gasteiger partial charge on any atom is 0.326 e. The summed E-state index contributed by atoms with van der Waals surface area (Å²) >= 11 is 0. The minimum atomic E-state index is -0.750. The number of ether oxygens (including phenoxy) is 1. The number of aromatic nitrogens is 2. The predicted molar refractivity (Wildman–Crippen MR) is 92.1 cm³/mol. The van der Waals surface area contributed by atoms with Crippen molar-refractivity contribution in [3.05, 3.63) is 53.4 Å². The van der Waals surface area contributed by atoms with Crippen LogP contribution in [-0.2, 0) is 6.54 Å². The van der Waals surface area contributed by atoms with Crippen molar-refractivity contribution in [1.82, 2.24) is 9.97 Å². The zero-order chi connectivity index (χ0) is 18.0. The van der Waals surface area contributed by atoms with Crippen molar-refractivity contribution in [3.8, 4) is 5.75 Å².